The van der Waals surface area contributed by atoms with Crippen LogP contribution >= 0.6 is 27.5 Å². The van der Waals surface area contributed by atoms with Crippen molar-refractivity contribution < 1.29 is 4.79 Å². The summed E-state index contributed by atoms with van der Waals surface area (Å²) in [5.74, 6) is 0.0667. The van der Waals surface area contributed by atoms with Gasteiger partial charge < -0.3 is 4.90 Å². The van der Waals surface area contributed by atoms with E-state index in [0.717, 1.165) is 37.1 Å². The van der Waals surface area contributed by atoms with Crippen molar-refractivity contribution in [2.45, 2.75) is 26.3 Å². The smallest absolute Gasteiger partial charge is 0.254 e. The minimum absolute atomic E-state index is 0.0667. The van der Waals surface area contributed by atoms with E-state index in [4.69, 9.17) is 11.6 Å². The summed E-state index contributed by atoms with van der Waals surface area (Å²) < 4.78 is 0.839. The molecule has 1 atom stereocenters. The molecule has 0 spiro atoms. The molecule has 1 aliphatic heterocycles. The summed E-state index contributed by atoms with van der Waals surface area (Å²) in [6.45, 7) is 7.91. The molecular formula is C15H20BrClN2O. The lowest BCUT2D eigenvalue weighted by Crippen LogP contribution is -2.51. The first kappa shape index (κ1) is 15.8. The standard InChI is InChI=1S/C15H20BrClN2O/c1-3-11(2)18-4-6-19(7-5-18)15(20)12-8-13(16)10-14(17)9-12/h8-11H,3-7H2,1-2H3. The highest BCUT2D eigenvalue weighted by Gasteiger charge is 2.24. The van der Waals surface area contributed by atoms with E-state index < -0.39 is 0 Å². The van der Waals surface area contributed by atoms with E-state index in [0.29, 0.717) is 16.6 Å². The van der Waals surface area contributed by atoms with Crippen LogP contribution in [-0.4, -0.2) is 47.9 Å². The first-order valence-corrected chi connectivity index (χ1v) is 8.17. The van der Waals surface area contributed by atoms with Crippen LogP contribution in [0.2, 0.25) is 5.02 Å². The van der Waals surface area contributed by atoms with Gasteiger partial charge in [-0.3, -0.25) is 9.69 Å². The van der Waals surface area contributed by atoms with Crippen molar-refractivity contribution in [1.29, 1.82) is 0 Å². The summed E-state index contributed by atoms with van der Waals surface area (Å²) in [6.07, 6.45) is 1.15. The number of benzene rings is 1. The SMILES string of the molecule is CCC(C)N1CCN(C(=O)c2cc(Cl)cc(Br)c2)CC1. The molecule has 1 amide bonds. The van der Waals surface area contributed by atoms with Gasteiger partial charge >= 0.3 is 0 Å². The van der Waals surface area contributed by atoms with Crippen LogP contribution in [0.1, 0.15) is 30.6 Å². The highest BCUT2D eigenvalue weighted by Crippen LogP contribution is 2.21. The third kappa shape index (κ3) is 3.74. The van der Waals surface area contributed by atoms with Crippen molar-refractivity contribution in [2.24, 2.45) is 0 Å². The molecule has 1 aromatic rings. The van der Waals surface area contributed by atoms with Gasteiger partial charge in [-0.1, -0.05) is 34.5 Å². The van der Waals surface area contributed by atoms with Gasteiger partial charge in [0.25, 0.3) is 5.91 Å². The number of piperazine rings is 1. The minimum Gasteiger partial charge on any atom is -0.336 e. The quantitative estimate of drug-likeness (QED) is 0.822. The summed E-state index contributed by atoms with van der Waals surface area (Å²) in [7, 11) is 0. The van der Waals surface area contributed by atoms with Gasteiger partial charge in [-0.25, -0.2) is 0 Å². The molecule has 1 saturated heterocycles. The Morgan fingerprint density at radius 1 is 1.30 bits per heavy atom. The lowest BCUT2D eigenvalue weighted by Gasteiger charge is -2.37. The molecule has 0 bridgehead atoms. The predicted molar refractivity (Wildman–Crippen MR) is 86.4 cm³/mol. The summed E-state index contributed by atoms with van der Waals surface area (Å²) in [5.41, 5.74) is 0.654. The van der Waals surface area contributed by atoms with Crippen molar-refractivity contribution >= 4 is 33.4 Å². The Labute approximate surface area is 134 Å². The van der Waals surface area contributed by atoms with Crippen LogP contribution in [0, 0.1) is 0 Å². The Hall–Kier alpha value is -0.580. The Morgan fingerprint density at radius 2 is 1.95 bits per heavy atom. The van der Waals surface area contributed by atoms with E-state index >= 15 is 0 Å². The topological polar surface area (TPSA) is 23.6 Å². The van der Waals surface area contributed by atoms with Gasteiger partial charge in [-0.15, -0.1) is 0 Å². The highest BCUT2D eigenvalue weighted by atomic mass is 79.9. The van der Waals surface area contributed by atoms with Crippen LogP contribution in [0.15, 0.2) is 22.7 Å². The van der Waals surface area contributed by atoms with Crippen molar-refractivity contribution in [2.75, 3.05) is 26.2 Å². The third-order valence-corrected chi connectivity index (χ3v) is 4.60. The van der Waals surface area contributed by atoms with E-state index in [1.54, 1.807) is 12.1 Å². The van der Waals surface area contributed by atoms with E-state index in [1.807, 2.05) is 11.0 Å². The molecule has 0 N–H and O–H groups in total. The first-order chi connectivity index (χ1) is 9.51. The Bertz CT molecular complexity index is 467. The average Bonchev–Trinajstić information content (AvgIpc) is 2.45. The van der Waals surface area contributed by atoms with Gasteiger partial charge in [0.2, 0.25) is 0 Å². The molecule has 0 radical (unpaired) electrons. The molecule has 0 aromatic heterocycles. The fourth-order valence-corrected chi connectivity index (χ4v) is 3.34. The van der Waals surface area contributed by atoms with Crippen LogP contribution < -0.4 is 0 Å². The molecule has 1 fully saturated rings. The second-order valence-corrected chi connectivity index (χ2v) is 6.60. The molecule has 1 aliphatic rings. The highest BCUT2D eigenvalue weighted by molar-refractivity contribution is 9.10. The average molecular weight is 360 g/mol. The maximum atomic E-state index is 12.5. The largest absolute Gasteiger partial charge is 0.336 e. The lowest BCUT2D eigenvalue weighted by atomic mass is 10.1. The summed E-state index contributed by atoms with van der Waals surface area (Å²) >= 11 is 9.39. The van der Waals surface area contributed by atoms with Crippen LogP contribution in [0.4, 0.5) is 0 Å². The number of nitrogens with zero attached hydrogens (tertiary/aromatic N) is 2. The van der Waals surface area contributed by atoms with Crippen LogP contribution in [0.25, 0.3) is 0 Å². The van der Waals surface area contributed by atoms with Gasteiger partial charge in [-0.2, -0.15) is 0 Å². The van der Waals surface area contributed by atoms with Gasteiger partial charge in [0, 0.05) is 47.3 Å². The van der Waals surface area contributed by atoms with Crippen molar-refractivity contribution in [3.63, 3.8) is 0 Å². The molecule has 110 valence electrons. The van der Waals surface area contributed by atoms with Gasteiger partial charge in [-0.05, 0) is 31.5 Å². The maximum Gasteiger partial charge on any atom is 0.254 e. The summed E-state index contributed by atoms with van der Waals surface area (Å²) in [5, 5.41) is 0.584. The van der Waals surface area contributed by atoms with Gasteiger partial charge in [0.05, 0.1) is 0 Å². The number of carbonyl (C=O) groups is 1. The van der Waals surface area contributed by atoms with Crippen LogP contribution in [0.5, 0.6) is 0 Å². The second kappa shape index (κ2) is 6.92. The molecule has 5 heteroatoms. The molecule has 0 aliphatic carbocycles. The van der Waals surface area contributed by atoms with Crippen molar-refractivity contribution in [3.8, 4) is 0 Å². The fourth-order valence-electron chi connectivity index (χ4n) is 2.48. The normalized spacial score (nSPS) is 18.1. The van der Waals surface area contributed by atoms with Crippen molar-refractivity contribution in [1.82, 2.24) is 9.80 Å². The van der Waals surface area contributed by atoms with E-state index in [2.05, 4.69) is 34.7 Å². The number of hydrogen-bond donors (Lipinski definition) is 0. The zero-order valence-electron chi connectivity index (χ0n) is 11.9. The zero-order chi connectivity index (χ0) is 14.7. The van der Waals surface area contributed by atoms with Gasteiger partial charge in [0.1, 0.15) is 0 Å². The zero-order valence-corrected chi connectivity index (χ0v) is 14.2. The summed E-state index contributed by atoms with van der Waals surface area (Å²) in [6, 6.07) is 5.94. The van der Waals surface area contributed by atoms with E-state index in [9.17, 15) is 4.79 Å². The number of hydrogen-bond acceptors (Lipinski definition) is 2. The van der Waals surface area contributed by atoms with Crippen LogP contribution in [-0.2, 0) is 0 Å². The minimum atomic E-state index is 0.0667. The maximum absolute atomic E-state index is 12.5. The number of rotatable bonds is 3. The molecule has 0 saturated carbocycles. The lowest BCUT2D eigenvalue weighted by molar-refractivity contribution is 0.0579. The molecule has 1 unspecified atom stereocenters. The molecule has 1 aromatic carbocycles. The Balaban J connectivity index is 2.01. The Kier molecular flexibility index (Phi) is 5.47. The van der Waals surface area contributed by atoms with Gasteiger partial charge in [0.15, 0.2) is 0 Å². The third-order valence-electron chi connectivity index (χ3n) is 3.93. The molecular weight excluding hydrogens is 340 g/mol. The van der Waals surface area contributed by atoms with E-state index in [-0.39, 0.29) is 5.91 Å². The fraction of sp³-hybridized carbons (Fsp3) is 0.533. The number of carbonyl (C=O) groups excluding carboxylic acids is 1. The predicted octanol–water partition coefficient (Wildman–Crippen LogP) is 3.66. The summed E-state index contributed by atoms with van der Waals surface area (Å²) in [4.78, 5) is 16.8. The number of halogens is 2. The second-order valence-electron chi connectivity index (χ2n) is 5.24. The molecule has 2 rings (SSSR count). The molecule has 1 heterocycles. The van der Waals surface area contributed by atoms with Crippen LogP contribution in [0.3, 0.4) is 0 Å². The molecule has 3 nitrogen and oxygen atoms in total. The Morgan fingerprint density at radius 3 is 2.50 bits per heavy atom. The number of amides is 1. The van der Waals surface area contributed by atoms with E-state index in [1.165, 1.54) is 0 Å². The van der Waals surface area contributed by atoms with Crippen molar-refractivity contribution in [3.05, 3.63) is 33.3 Å². The first-order valence-electron chi connectivity index (χ1n) is 7.00. The monoisotopic (exact) mass is 358 g/mol. The molecule has 20 heavy (non-hydrogen) atoms.